The molecule has 0 bridgehead atoms. The van der Waals surface area contributed by atoms with Gasteiger partial charge >= 0.3 is 0 Å². The van der Waals surface area contributed by atoms with E-state index in [1.165, 1.54) is 18.3 Å². The van der Waals surface area contributed by atoms with Gasteiger partial charge in [0.25, 0.3) is 11.5 Å². The first kappa shape index (κ1) is 21.0. The van der Waals surface area contributed by atoms with Gasteiger partial charge in [-0.25, -0.2) is 0 Å². The van der Waals surface area contributed by atoms with Crippen molar-refractivity contribution in [2.45, 2.75) is 20.4 Å². The third-order valence-electron chi connectivity index (χ3n) is 4.39. The molecule has 2 aromatic rings. The molecule has 3 heterocycles. The highest BCUT2D eigenvalue weighted by atomic mass is 32.2. The van der Waals surface area contributed by atoms with Crippen LogP contribution in [0, 0.1) is 18.3 Å². The average molecular weight is 446 g/mol. The Morgan fingerprint density at radius 1 is 1.41 bits per heavy atom. The Balaban J connectivity index is 1.95. The number of aromatic nitrogens is 1. The number of hydrogen-bond acceptors (Lipinski definition) is 8. The van der Waals surface area contributed by atoms with Crippen LogP contribution < -0.4 is 5.56 Å². The number of pyridine rings is 1. The fourth-order valence-electron chi connectivity index (χ4n) is 2.94. The Hall–Kier alpha value is -2.74. The van der Waals surface area contributed by atoms with E-state index in [0.717, 1.165) is 26.1 Å². The van der Waals surface area contributed by atoms with Crippen LogP contribution in [-0.4, -0.2) is 37.1 Å². The van der Waals surface area contributed by atoms with Gasteiger partial charge in [-0.1, -0.05) is 30.0 Å². The number of ketones is 1. The van der Waals surface area contributed by atoms with Crippen LogP contribution in [0.1, 0.15) is 33.3 Å². The first-order chi connectivity index (χ1) is 13.8. The summed E-state index contributed by atoms with van der Waals surface area (Å²) in [5, 5.41) is 21.6. The number of aromatic hydroxyl groups is 1. The van der Waals surface area contributed by atoms with Crippen LogP contribution in [0.2, 0.25) is 0 Å². The summed E-state index contributed by atoms with van der Waals surface area (Å²) in [7, 11) is 0. The van der Waals surface area contributed by atoms with Crippen LogP contribution in [-0.2, 0) is 11.3 Å². The normalized spacial score (nSPS) is 15.2. The number of nitriles is 1. The number of rotatable bonds is 5. The Labute approximate surface area is 179 Å². The number of hydrogen-bond donors (Lipinski definition) is 1. The Kier molecular flexibility index (Phi) is 6.02. The van der Waals surface area contributed by atoms with E-state index in [9.17, 15) is 24.8 Å². The molecule has 1 saturated heterocycles. The standard InChI is InChI=1S/C19H15N3O4S3/c1-3-21-16(24)12(8-20)10(2)15(18(21)26)13(23)9-22-17(25)14(29-19(22)27)7-11-5-4-6-28-11/h4-7,26H,3,9H2,1-2H3/b14-7-. The summed E-state index contributed by atoms with van der Waals surface area (Å²) in [5.74, 6) is -1.52. The van der Waals surface area contributed by atoms with Crippen LogP contribution in [0.4, 0.5) is 0 Å². The predicted octanol–water partition coefficient (Wildman–Crippen LogP) is 2.90. The van der Waals surface area contributed by atoms with Gasteiger partial charge in [0, 0.05) is 11.4 Å². The van der Waals surface area contributed by atoms with Gasteiger partial charge in [0.05, 0.1) is 17.0 Å². The number of Topliss-reactive ketones (excluding diaryl/α,β-unsaturated/α-hetero) is 1. The molecule has 0 spiro atoms. The molecule has 0 atom stereocenters. The summed E-state index contributed by atoms with van der Waals surface area (Å²) < 4.78 is 1.19. The quantitative estimate of drug-likeness (QED) is 0.429. The molecule has 1 aliphatic rings. The third kappa shape index (κ3) is 3.76. The van der Waals surface area contributed by atoms with Crippen LogP contribution >= 0.6 is 35.3 Å². The molecule has 2 aromatic heterocycles. The van der Waals surface area contributed by atoms with Gasteiger partial charge in [0.15, 0.2) is 5.78 Å². The zero-order valence-electron chi connectivity index (χ0n) is 15.5. The fourth-order valence-corrected chi connectivity index (χ4v) is 4.92. The van der Waals surface area contributed by atoms with E-state index in [1.807, 2.05) is 17.5 Å². The minimum atomic E-state index is -0.661. The fraction of sp³-hybridized carbons (Fsp3) is 0.211. The largest absolute Gasteiger partial charge is 0.494 e. The van der Waals surface area contributed by atoms with E-state index in [-0.39, 0.29) is 27.6 Å². The lowest BCUT2D eigenvalue weighted by Crippen LogP contribution is -2.35. The van der Waals surface area contributed by atoms with Crippen molar-refractivity contribution in [3.05, 3.63) is 54.3 Å². The van der Waals surface area contributed by atoms with Crippen molar-refractivity contribution in [3.63, 3.8) is 0 Å². The van der Waals surface area contributed by atoms with E-state index in [4.69, 9.17) is 12.2 Å². The highest BCUT2D eigenvalue weighted by Gasteiger charge is 2.35. The summed E-state index contributed by atoms with van der Waals surface area (Å²) in [6.07, 6.45) is 1.71. The maximum atomic E-state index is 12.9. The maximum absolute atomic E-state index is 12.9. The Morgan fingerprint density at radius 2 is 2.14 bits per heavy atom. The van der Waals surface area contributed by atoms with Crippen molar-refractivity contribution in [3.8, 4) is 11.9 Å². The van der Waals surface area contributed by atoms with E-state index < -0.39 is 29.7 Å². The van der Waals surface area contributed by atoms with Crippen LogP contribution in [0.15, 0.2) is 27.2 Å². The molecule has 1 fully saturated rings. The second-order valence-corrected chi connectivity index (χ2v) is 8.72. The highest BCUT2D eigenvalue weighted by molar-refractivity contribution is 8.26. The zero-order chi connectivity index (χ0) is 21.3. The molecule has 1 amide bonds. The predicted molar refractivity (Wildman–Crippen MR) is 116 cm³/mol. The maximum Gasteiger partial charge on any atom is 0.271 e. The summed E-state index contributed by atoms with van der Waals surface area (Å²) in [4.78, 5) is 40.4. The smallest absolute Gasteiger partial charge is 0.271 e. The van der Waals surface area contributed by atoms with Crippen LogP contribution in [0.25, 0.3) is 6.08 Å². The van der Waals surface area contributed by atoms with Gasteiger partial charge in [0.1, 0.15) is 16.0 Å². The first-order valence-electron chi connectivity index (χ1n) is 8.48. The molecule has 1 aliphatic heterocycles. The van der Waals surface area contributed by atoms with Crippen molar-refractivity contribution in [2.75, 3.05) is 6.54 Å². The molecular weight excluding hydrogens is 430 g/mol. The van der Waals surface area contributed by atoms with Crippen molar-refractivity contribution in [1.82, 2.24) is 9.47 Å². The van der Waals surface area contributed by atoms with E-state index in [1.54, 1.807) is 19.1 Å². The van der Waals surface area contributed by atoms with Crippen molar-refractivity contribution < 1.29 is 14.7 Å². The second-order valence-electron chi connectivity index (χ2n) is 6.07. The molecule has 0 saturated carbocycles. The molecule has 0 aliphatic carbocycles. The first-order valence-corrected chi connectivity index (χ1v) is 10.6. The molecule has 0 aromatic carbocycles. The lowest BCUT2D eigenvalue weighted by atomic mass is 10.0. The van der Waals surface area contributed by atoms with E-state index in [0.29, 0.717) is 4.91 Å². The van der Waals surface area contributed by atoms with Crippen molar-refractivity contribution >= 4 is 57.4 Å². The zero-order valence-corrected chi connectivity index (χ0v) is 17.9. The number of carbonyl (C=O) groups is 2. The molecular formula is C19H15N3O4S3. The van der Waals surface area contributed by atoms with Crippen molar-refractivity contribution in [1.29, 1.82) is 5.26 Å². The molecule has 7 nitrogen and oxygen atoms in total. The number of nitrogens with zero attached hydrogens (tertiary/aromatic N) is 3. The second kappa shape index (κ2) is 8.32. The van der Waals surface area contributed by atoms with Gasteiger partial charge in [-0.2, -0.15) is 5.26 Å². The summed E-state index contributed by atoms with van der Waals surface area (Å²) >= 11 is 7.82. The lowest BCUT2D eigenvalue weighted by Gasteiger charge is -2.17. The molecule has 0 radical (unpaired) electrons. The number of carbonyl (C=O) groups excluding carboxylic acids is 2. The summed E-state index contributed by atoms with van der Waals surface area (Å²) in [5.41, 5.74) is -0.939. The summed E-state index contributed by atoms with van der Waals surface area (Å²) in [6, 6.07) is 5.51. The lowest BCUT2D eigenvalue weighted by molar-refractivity contribution is -0.121. The third-order valence-corrected chi connectivity index (χ3v) is 6.58. The SMILES string of the molecule is CCn1c(O)c(C(=O)CN2C(=O)/C(=C/c3cccs3)SC2=S)c(C)c(C#N)c1=O. The topological polar surface area (TPSA) is 103 Å². The monoisotopic (exact) mass is 445 g/mol. The molecule has 10 heteroatoms. The molecule has 29 heavy (non-hydrogen) atoms. The van der Waals surface area contributed by atoms with Gasteiger partial charge in [-0.3, -0.25) is 23.9 Å². The molecule has 1 N–H and O–H groups in total. The number of thiophene rings is 1. The highest BCUT2D eigenvalue weighted by Crippen LogP contribution is 2.34. The Bertz CT molecular complexity index is 1160. The summed E-state index contributed by atoms with van der Waals surface area (Å²) in [6.45, 7) is 2.73. The Morgan fingerprint density at radius 3 is 2.72 bits per heavy atom. The van der Waals surface area contributed by atoms with Crippen molar-refractivity contribution in [2.24, 2.45) is 0 Å². The minimum Gasteiger partial charge on any atom is -0.494 e. The van der Waals surface area contributed by atoms with Gasteiger partial charge < -0.3 is 5.11 Å². The minimum absolute atomic E-state index is 0.0873. The van der Waals surface area contributed by atoms with Gasteiger partial charge in [-0.15, -0.1) is 11.3 Å². The molecule has 0 unspecified atom stereocenters. The average Bonchev–Trinajstić information content (AvgIpc) is 3.26. The number of amides is 1. The molecule has 148 valence electrons. The molecule has 3 rings (SSSR count). The van der Waals surface area contributed by atoms with Gasteiger partial charge in [-0.05, 0) is 36.9 Å². The van der Waals surface area contributed by atoms with E-state index >= 15 is 0 Å². The van der Waals surface area contributed by atoms with E-state index in [2.05, 4.69) is 0 Å². The number of thioether (sulfide) groups is 1. The number of thiocarbonyl (C=S) groups is 1. The van der Waals surface area contributed by atoms with Gasteiger partial charge in [0.2, 0.25) is 5.88 Å². The van der Waals surface area contributed by atoms with Crippen LogP contribution in [0.3, 0.4) is 0 Å². The van der Waals surface area contributed by atoms with Crippen LogP contribution in [0.5, 0.6) is 5.88 Å².